The van der Waals surface area contributed by atoms with Crippen LogP contribution < -0.4 is 0 Å². The van der Waals surface area contributed by atoms with Crippen LogP contribution in [0.15, 0.2) is 37.1 Å². The summed E-state index contributed by atoms with van der Waals surface area (Å²) in [7, 11) is 3.65. The number of piperidine rings is 1. The standard InChI is InChI=1S/C18H25N5O/c1-15-5-4-8-20-16(15)13-22-10-6-18(7-11-22,17(24)21(2)3)23-12-9-19-14-23/h4-5,8-9,12,14H,6-7,10-11,13H2,1-3H3. The maximum atomic E-state index is 12.9. The van der Waals surface area contributed by atoms with Crippen LogP contribution in [0, 0.1) is 6.92 Å². The molecule has 2 aromatic heterocycles. The minimum absolute atomic E-state index is 0.147. The lowest BCUT2D eigenvalue weighted by Gasteiger charge is -2.42. The van der Waals surface area contributed by atoms with Crippen molar-refractivity contribution in [2.75, 3.05) is 27.2 Å². The number of nitrogens with zero attached hydrogens (tertiary/aromatic N) is 5. The van der Waals surface area contributed by atoms with Crippen molar-refractivity contribution in [1.29, 1.82) is 0 Å². The monoisotopic (exact) mass is 327 g/mol. The highest BCUT2D eigenvalue weighted by atomic mass is 16.2. The summed E-state index contributed by atoms with van der Waals surface area (Å²) in [4.78, 5) is 25.6. The molecule has 0 bridgehead atoms. The Morgan fingerprint density at radius 1 is 1.29 bits per heavy atom. The molecular formula is C18H25N5O. The summed E-state index contributed by atoms with van der Waals surface area (Å²) in [5, 5.41) is 0. The van der Waals surface area contributed by atoms with E-state index in [1.807, 2.05) is 37.1 Å². The normalized spacial score (nSPS) is 17.6. The number of pyridine rings is 1. The Morgan fingerprint density at radius 2 is 2.04 bits per heavy atom. The number of likely N-dealkylation sites (tertiary alicyclic amines) is 1. The average Bonchev–Trinajstić information content (AvgIpc) is 3.12. The van der Waals surface area contributed by atoms with Crippen LogP contribution in [0.1, 0.15) is 24.1 Å². The van der Waals surface area contributed by atoms with E-state index >= 15 is 0 Å². The van der Waals surface area contributed by atoms with Crippen molar-refractivity contribution >= 4 is 5.91 Å². The van der Waals surface area contributed by atoms with Gasteiger partial charge in [-0.15, -0.1) is 0 Å². The highest BCUT2D eigenvalue weighted by molar-refractivity contribution is 5.84. The SMILES string of the molecule is Cc1cccnc1CN1CCC(C(=O)N(C)C)(n2ccnc2)CC1. The summed E-state index contributed by atoms with van der Waals surface area (Å²) in [6.07, 6.45) is 8.82. The van der Waals surface area contributed by atoms with E-state index in [9.17, 15) is 4.79 Å². The first kappa shape index (κ1) is 16.6. The van der Waals surface area contributed by atoms with E-state index in [1.165, 1.54) is 5.56 Å². The van der Waals surface area contributed by atoms with Crippen molar-refractivity contribution in [1.82, 2.24) is 24.3 Å². The number of aryl methyl sites for hydroxylation is 1. The van der Waals surface area contributed by atoms with Gasteiger partial charge >= 0.3 is 0 Å². The molecule has 0 unspecified atom stereocenters. The molecule has 1 amide bonds. The smallest absolute Gasteiger partial charge is 0.248 e. The number of likely N-dealkylation sites (N-methyl/N-ethyl adjacent to an activating group) is 1. The third-order valence-electron chi connectivity index (χ3n) is 4.98. The van der Waals surface area contributed by atoms with Crippen molar-refractivity contribution in [3.05, 3.63) is 48.3 Å². The molecule has 128 valence electrons. The van der Waals surface area contributed by atoms with Gasteiger partial charge in [0.1, 0.15) is 5.54 Å². The Bertz CT molecular complexity index is 687. The minimum Gasteiger partial charge on any atom is -0.347 e. The summed E-state index contributed by atoms with van der Waals surface area (Å²) in [6, 6.07) is 4.06. The van der Waals surface area contributed by atoms with E-state index in [-0.39, 0.29) is 5.91 Å². The molecule has 0 N–H and O–H groups in total. The van der Waals surface area contributed by atoms with Crippen LogP contribution >= 0.6 is 0 Å². The third kappa shape index (κ3) is 3.06. The first-order chi connectivity index (χ1) is 11.5. The maximum absolute atomic E-state index is 12.9. The van der Waals surface area contributed by atoms with Crippen LogP contribution in [-0.2, 0) is 16.9 Å². The highest BCUT2D eigenvalue weighted by Crippen LogP contribution is 2.32. The predicted octanol–water partition coefficient (Wildman–Crippen LogP) is 1.67. The summed E-state index contributed by atoms with van der Waals surface area (Å²) < 4.78 is 1.98. The van der Waals surface area contributed by atoms with E-state index in [0.717, 1.165) is 38.2 Å². The van der Waals surface area contributed by atoms with Gasteiger partial charge < -0.3 is 9.47 Å². The van der Waals surface area contributed by atoms with Crippen molar-refractivity contribution in [2.45, 2.75) is 31.8 Å². The molecule has 6 nitrogen and oxygen atoms in total. The molecule has 0 radical (unpaired) electrons. The van der Waals surface area contributed by atoms with Crippen LogP contribution in [0.25, 0.3) is 0 Å². The molecular weight excluding hydrogens is 302 g/mol. The van der Waals surface area contributed by atoms with Crippen LogP contribution in [0.3, 0.4) is 0 Å². The van der Waals surface area contributed by atoms with E-state index in [2.05, 4.69) is 27.9 Å². The quantitative estimate of drug-likeness (QED) is 0.857. The Morgan fingerprint density at radius 3 is 2.62 bits per heavy atom. The fraction of sp³-hybridized carbons (Fsp3) is 0.500. The van der Waals surface area contributed by atoms with Gasteiger partial charge in [-0.05, 0) is 31.4 Å². The molecule has 3 heterocycles. The lowest BCUT2D eigenvalue weighted by atomic mass is 9.85. The number of carbonyl (C=O) groups is 1. The van der Waals surface area contributed by atoms with Crippen LogP contribution in [0.4, 0.5) is 0 Å². The molecule has 3 rings (SSSR count). The van der Waals surface area contributed by atoms with Crippen molar-refractivity contribution < 1.29 is 4.79 Å². The van der Waals surface area contributed by atoms with Crippen LogP contribution in [0.5, 0.6) is 0 Å². The topological polar surface area (TPSA) is 54.3 Å². The van der Waals surface area contributed by atoms with E-state index in [4.69, 9.17) is 0 Å². The van der Waals surface area contributed by atoms with Gasteiger partial charge in [0, 0.05) is 52.3 Å². The van der Waals surface area contributed by atoms with Gasteiger partial charge in [-0.2, -0.15) is 0 Å². The number of carbonyl (C=O) groups excluding carboxylic acids is 1. The fourth-order valence-electron chi connectivity index (χ4n) is 3.49. The molecule has 0 atom stereocenters. The third-order valence-corrected chi connectivity index (χ3v) is 4.98. The number of rotatable bonds is 4. The number of hydrogen-bond acceptors (Lipinski definition) is 4. The Hall–Kier alpha value is -2.21. The zero-order valence-electron chi connectivity index (χ0n) is 14.6. The fourth-order valence-corrected chi connectivity index (χ4v) is 3.49. The Kier molecular flexibility index (Phi) is 4.66. The van der Waals surface area contributed by atoms with Crippen molar-refractivity contribution in [3.63, 3.8) is 0 Å². The summed E-state index contributed by atoms with van der Waals surface area (Å²) >= 11 is 0. The number of hydrogen-bond donors (Lipinski definition) is 0. The van der Waals surface area contributed by atoms with E-state index in [1.54, 1.807) is 17.4 Å². The summed E-state index contributed by atoms with van der Waals surface area (Å²) in [6.45, 7) is 4.67. The first-order valence-electron chi connectivity index (χ1n) is 8.36. The van der Waals surface area contributed by atoms with Gasteiger partial charge in [-0.25, -0.2) is 4.98 Å². The largest absolute Gasteiger partial charge is 0.347 e. The lowest BCUT2D eigenvalue weighted by Crippen LogP contribution is -2.54. The molecule has 1 fully saturated rings. The van der Waals surface area contributed by atoms with Crippen molar-refractivity contribution in [3.8, 4) is 0 Å². The number of imidazole rings is 1. The highest BCUT2D eigenvalue weighted by Gasteiger charge is 2.43. The first-order valence-corrected chi connectivity index (χ1v) is 8.36. The minimum atomic E-state index is -0.518. The zero-order chi connectivity index (χ0) is 17.2. The maximum Gasteiger partial charge on any atom is 0.248 e. The molecule has 1 aliphatic heterocycles. The molecule has 0 saturated carbocycles. The molecule has 6 heteroatoms. The van der Waals surface area contributed by atoms with Crippen molar-refractivity contribution in [2.24, 2.45) is 0 Å². The lowest BCUT2D eigenvalue weighted by molar-refractivity contribution is -0.141. The molecule has 2 aromatic rings. The molecule has 0 aromatic carbocycles. The predicted molar refractivity (Wildman–Crippen MR) is 92.4 cm³/mol. The number of amides is 1. The second kappa shape index (κ2) is 6.73. The molecule has 24 heavy (non-hydrogen) atoms. The van der Waals surface area contributed by atoms with E-state index in [0.29, 0.717) is 0 Å². The second-order valence-electron chi connectivity index (χ2n) is 6.74. The van der Waals surface area contributed by atoms with Gasteiger partial charge in [-0.1, -0.05) is 6.07 Å². The van der Waals surface area contributed by atoms with Gasteiger partial charge in [0.05, 0.1) is 12.0 Å². The Labute approximate surface area is 143 Å². The average molecular weight is 327 g/mol. The molecule has 0 aliphatic carbocycles. The molecule has 0 spiro atoms. The summed E-state index contributed by atoms with van der Waals surface area (Å²) in [5.41, 5.74) is 1.82. The Balaban J connectivity index is 1.75. The van der Waals surface area contributed by atoms with Crippen LogP contribution in [0.2, 0.25) is 0 Å². The van der Waals surface area contributed by atoms with Crippen LogP contribution in [-0.4, -0.2) is 57.4 Å². The van der Waals surface area contributed by atoms with Gasteiger partial charge in [0.15, 0.2) is 0 Å². The number of aromatic nitrogens is 3. The summed E-state index contributed by atoms with van der Waals surface area (Å²) in [5.74, 6) is 0.147. The molecule has 1 aliphatic rings. The van der Waals surface area contributed by atoms with Gasteiger partial charge in [-0.3, -0.25) is 14.7 Å². The van der Waals surface area contributed by atoms with Gasteiger partial charge in [0.25, 0.3) is 0 Å². The zero-order valence-corrected chi connectivity index (χ0v) is 14.6. The molecule has 1 saturated heterocycles. The van der Waals surface area contributed by atoms with E-state index < -0.39 is 5.54 Å². The second-order valence-corrected chi connectivity index (χ2v) is 6.74. The van der Waals surface area contributed by atoms with Gasteiger partial charge in [0.2, 0.25) is 5.91 Å².